The number of nitrogens with one attached hydrogen (secondary N) is 1. The third-order valence-electron chi connectivity index (χ3n) is 6.11. The molecule has 9 nitrogen and oxygen atoms in total. The number of esters is 1. The molecule has 1 N–H and O–H groups in total. The predicted molar refractivity (Wildman–Crippen MR) is 139 cm³/mol. The van der Waals surface area contributed by atoms with Gasteiger partial charge in [0.05, 0.1) is 18.4 Å². The van der Waals surface area contributed by atoms with E-state index >= 15 is 0 Å². The van der Waals surface area contributed by atoms with Crippen LogP contribution >= 0.6 is 0 Å². The molecule has 2 amide bonds. The Hall–Kier alpha value is -2.99. The van der Waals surface area contributed by atoms with Crippen molar-refractivity contribution in [1.29, 1.82) is 5.26 Å². The number of pyridine rings is 1. The Morgan fingerprint density at radius 2 is 1.78 bits per heavy atom. The average molecular weight is 502 g/mol. The van der Waals surface area contributed by atoms with Gasteiger partial charge in [-0.1, -0.05) is 6.07 Å². The molecule has 36 heavy (non-hydrogen) atoms. The maximum Gasteiger partial charge on any atom is 0.305 e. The van der Waals surface area contributed by atoms with Crippen LogP contribution in [0.2, 0.25) is 0 Å². The van der Waals surface area contributed by atoms with Gasteiger partial charge in [-0.15, -0.1) is 0 Å². The molecule has 0 spiro atoms. The molecule has 0 aliphatic heterocycles. The second-order valence-corrected chi connectivity index (χ2v) is 9.11. The number of rotatable bonds is 17. The van der Waals surface area contributed by atoms with E-state index in [-0.39, 0.29) is 24.2 Å². The molecule has 9 heteroatoms. The van der Waals surface area contributed by atoms with Gasteiger partial charge in [-0.05, 0) is 78.1 Å². The van der Waals surface area contributed by atoms with Crippen molar-refractivity contribution in [3.05, 3.63) is 29.1 Å². The first-order chi connectivity index (χ1) is 17.2. The highest BCUT2D eigenvalue weighted by molar-refractivity contribution is 5.82. The summed E-state index contributed by atoms with van der Waals surface area (Å²) in [5.41, 5.74) is 2.64. The van der Waals surface area contributed by atoms with E-state index in [9.17, 15) is 14.4 Å². The van der Waals surface area contributed by atoms with Crippen molar-refractivity contribution in [3.63, 3.8) is 0 Å². The van der Waals surface area contributed by atoms with Crippen LogP contribution in [0.4, 0.5) is 0 Å². The molecule has 0 radical (unpaired) electrons. The van der Waals surface area contributed by atoms with E-state index < -0.39 is 6.04 Å². The van der Waals surface area contributed by atoms with Gasteiger partial charge in [0.15, 0.2) is 0 Å². The maximum absolute atomic E-state index is 13.1. The van der Waals surface area contributed by atoms with Gasteiger partial charge >= 0.3 is 5.97 Å². The van der Waals surface area contributed by atoms with Crippen LogP contribution < -0.4 is 5.32 Å². The summed E-state index contributed by atoms with van der Waals surface area (Å²) in [5, 5.41) is 11.5. The third-order valence-corrected chi connectivity index (χ3v) is 6.11. The number of unbranched alkanes of at least 4 members (excludes halogenated alkanes) is 3. The number of hydrogen-bond acceptors (Lipinski definition) is 7. The SMILES string of the molecule is CCOC(=O)CCCNC(=O)C(c1ccc(C)c(C)n1)N(C)CCCCN(C)C(=O)CCCCC#N. The van der Waals surface area contributed by atoms with Gasteiger partial charge in [-0.25, -0.2) is 0 Å². The maximum atomic E-state index is 13.1. The Morgan fingerprint density at radius 3 is 2.44 bits per heavy atom. The van der Waals surface area contributed by atoms with Crippen molar-refractivity contribution in [2.75, 3.05) is 40.3 Å². The Labute approximate surface area is 216 Å². The molecular formula is C27H43N5O4. The van der Waals surface area contributed by atoms with Gasteiger partial charge in [0.1, 0.15) is 6.04 Å². The molecule has 200 valence electrons. The molecule has 1 unspecified atom stereocenters. The molecule has 0 aromatic carbocycles. The minimum absolute atomic E-state index is 0.0979. The summed E-state index contributed by atoms with van der Waals surface area (Å²) in [7, 11) is 3.71. The largest absolute Gasteiger partial charge is 0.466 e. The number of aryl methyl sites for hydroxylation is 2. The summed E-state index contributed by atoms with van der Waals surface area (Å²) in [6.07, 6.45) is 4.85. The van der Waals surface area contributed by atoms with Crippen molar-refractivity contribution in [2.24, 2.45) is 0 Å². The lowest BCUT2D eigenvalue weighted by Gasteiger charge is -2.27. The fourth-order valence-corrected chi connectivity index (χ4v) is 3.77. The summed E-state index contributed by atoms with van der Waals surface area (Å²) < 4.78 is 4.94. The number of hydrogen-bond donors (Lipinski definition) is 1. The van der Waals surface area contributed by atoms with E-state index in [1.807, 2.05) is 45.0 Å². The Balaban J connectivity index is 2.64. The summed E-state index contributed by atoms with van der Waals surface area (Å²) in [5.74, 6) is -0.315. The van der Waals surface area contributed by atoms with Crippen molar-refractivity contribution in [2.45, 2.75) is 78.2 Å². The first-order valence-electron chi connectivity index (χ1n) is 12.9. The number of nitriles is 1. The van der Waals surface area contributed by atoms with E-state index in [1.54, 1.807) is 11.8 Å². The number of amides is 2. The van der Waals surface area contributed by atoms with E-state index in [0.29, 0.717) is 51.2 Å². The van der Waals surface area contributed by atoms with Crippen LogP contribution in [0.3, 0.4) is 0 Å². The minimum Gasteiger partial charge on any atom is -0.466 e. The quantitative estimate of drug-likeness (QED) is 0.257. The zero-order valence-electron chi connectivity index (χ0n) is 22.6. The second-order valence-electron chi connectivity index (χ2n) is 9.11. The van der Waals surface area contributed by atoms with Crippen LogP contribution in [0.1, 0.15) is 81.3 Å². The lowest BCUT2D eigenvalue weighted by molar-refractivity contribution is -0.143. The highest BCUT2D eigenvalue weighted by Gasteiger charge is 2.26. The monoisotopic (exact) mass is 501 g/mol. The molecule has 0 saturated heterocycles. The number of carbonyl (C=O) groups is 3. The fraction of sp³-hybridized carbons (Fsp3) is 0.667. The van der Waals surface area contributed by atoms with Gasteiger partial charge in [0, 0.05) is 45.1 Å². The van der Waals surface area contributed by atoms with Crippen LogP contribution in [0.25, 0.3) is 0 Å². The zero-order valence-corrected chi connectivity index (χ0v) is 22.6. The average Bonchev–Trinajstić information content (AvgIpc) is 2.84. The van der Waals surface area contributed by atoms with Crippen molar-refractivity contribution in [3.8, 4) is 6.07 Å². The van der Waals surface area contributed by atoms with Gasteiger partial charge in [0.25, 0.3) is 0 Å². The number of nitrogens with zero attached hydrogens (tertiary/aromatic N) is 4. The number of carbonyl (C=O) groups excluding carboxylic acids is 3. The van der Waals surface area contributed by atoms with Crippen LogP contribution in [0.15, 0.2) is 12.1 Å². The Kier molecular flexibility index (Phi) is 15.0. The molecule has 1 aromatic rings. The van der Waals surface area contributed by atoms with Crippen LogP contribution in [0, 0.1) is 25.2 Å². The standard InChI is InChI=1S/C27H43N5O4/c1-6-36-25(34)14-12-18-29-27(35)26(23-16-15-21(2)22(3)30-23)32(5)20-11-10-19-31(4)24(33)13-8-7-9-17-28/h15-16,26H,6-14,18-20H2,1-5H3,(H,29,35). The van der Waals surface area contributed by atoms with Crippen LogP contribution in [-0.2, 0) is 19.1 Å². The van der Waals surface area contributed by atoms with Crippen LogP contribution in [-0.4, -0.2) is 72.9 Å². The van der Waals surface area contributed by atoms with E-state index in [0.717, 1.165) is 36.9 Å². The van der Waals surface area contributed by atoms with Gasteiger partial charge in [0.2, 0.25) is 11.8 Å². The van der Waals surface area contributed by atoms with Gasteiger partial charge in [-0.3, -0.25) is 24.3 Å². The van der Waals surface area contributed by atoms with Gasteiger partial charge in [-0.2, -0.15) is 5.26 Å². The molecule has 0 bridgehead atoms. The number of likely N-dealkylation sites (N-methyl/N-ethyl adjacent to an activating group) is 1. The fourth-order valence-electron chi connectivity index (χ4n) is 3.77. The highest BCUT2D eigenvalue weighted by Crippen LogP contribution is 2.20. The zero-order chi connectivity index (χ0) is 26.9. The number of aromatic nitrogens is 1. The highest BCUT2D eigenvalue weighted by atomic mass is 16.5. The molecule has 1 aromatic heterocycles. The molecule has 0 saturated carbocycles. The second kappa shape index (κ2) is 17.4. The summed E-state index contributed by atoms with van der Waals surface area (Å²) in [4.78, 5) is 45.3. The van der Waals surface area contributed by atoms with E-state index in [1.165, 1.54) is 0 Å². The van der Waals surface area contributed by atoms with Crippen molar-refractivity contribution in [1.82, 2.24) is 20.1 Å². The first kappa shape index (κ1) is 31.0. The predicted octanol–water partition coefficient (Wildman–Crippen LogP) is 3.45. The van der Waals surface area contributed by atoms with Gasteiger partial charge < -0.3 is 15.0 Å². The summed E-state index contributed by atoms with van der Waals surface area (Å²) in [6, 6.07) is 5.42. The summed E-state index contributed by atoms with van der Waals surface area (Å²) in [6.45, 7) is 7.74. The molecule has 0 aliphatic carbocycles. The van der Waals surface area contributed by atoms with Crippen LogP contribution in [0.5, 0.6) is 0 Å². The van der Waals surface area contributed by atoms with E-state index in [2.05, 4.69) is 16.4 Å². The molecule has 1 rings (SSSR count). The first-order valence-corrected chi connectivity index (χ1v) is 12.9. The Bertz CT molecular complexity index is 883. The molecule has 1 atom stereocenters. The summed E-state index contributed by atoms with van der Waals surface area (Å²) >= 11 is 0. The third kappa shape index (κ3) is 11.6. The lowest BCUT2D eigenvalue weighted by Crippen LogP contribution is -2.40. The number of ether oxygens (including phenoxy) is 1. The molecule has 1 heterocycles. The normalized spacial score (nSPS) is 11.6. The molecular weight excluding hydrogens is 458 g/mol. The minimum atomic E-state index is -0.550. The molecule has 0 aliphatic rings. The van der Waals surface area contributed by atoms with Crippen molar-refractivity contribution >= 4 is 17.8 Å². The van der Waals surface area contributed by atoms with Crippen molar-refractivity contribution < 1.29 is 19.1 Å². The lowest BCUT2D eigenvalue weighted by atomic mass is 10.1. The Morgan fingerprint density at radius 1 is 1.06 bits per heavy atom. The smallest absolute Gasteiger partial charge is 0.305 e. The topological polar surface area (TPSA) is 116 Å². The van der Waals surface area contributed by atoms with E-state index in [4.69, 9.17) is 10.00 Å². The molecule has 0 fully saturated rings.